The number of nitrogens with one attached hydrogen (secondary N) is 2. The summed E-state index contributed by atoms with van der Waals surface area (Å²) in [5.41, 5.74) is 1.46. The van der Waals surface area contributed by atoms with Crippen LogP contribution in [0.15, 0.2) is 29.3 Å². The Labute approximate surface area is 166 Å². The van der Waals surface area contributed by atoms with Gasteiger partial charge in [-0.25, -0.2) is 4.99 Å². The Hall–Kier alpha value is -1.02. The minimum absolute atomic E-state index is 0. The van der Waals surface area contributed by atoms with Gasteiger partial charge >= 0.3 is 0 Å². The fraction of sp³-hybridized carbons (Fsp3) is 0.529. The van der Waals surface area contributed by atoms with E-state index in [1.165, 1.54) is 5.56 Å². The first-order valence-corrected chi connectivity index (χ1v) is 8.33. The van der Waals surface area contributed by atoms with Gasteiger partial charge in [-0.3, -0.25) is 4.79 Å². The van der Waals surface area contributed by atoms with Crippen LogP contribution >= 0.6 is 35.6 Å². The Bertz CT molecular complexity index is 570. The predicted molar refractivity (Wildman–Crippen MR) is 110 cm³/mol. The van der Waals surface area contributed by atoms with E-state index in [1.54, 1.807) is 19.0 Å². The van der Waals surface area contributed by atoms with E-state index < -0.39 is 0 Å². The van der Waals surface area contributed by atoms with Crippen molar-refractivity contribution in [3.63, 3.8) is 0 Å². The first-order valence-electron chi connectivity index (χ1n) is 7.95. The molecule has 1 amide bonds. The molecule has 0 aliphatic heterocycles. The summed E-state index contributed by atoms with van der Waals surface area (Å²) in [6.45, 7) is 3.72. The van der Waals surface area contributed by atoms with Crippen molar-refractivity contribution >= 4 is 47.4 Å². The van der Waals surface area contributed by atoms with Crippen LogP contribution in [0.2, 0.25) is 5.02 Å². The molecule has 134 valence electrons. The van der Waals surface area contributed by atoms with Gasteiger partial charge in [0.05, 0.1) is 0 Å². The molecule has 0 saturated heterocycles. The molecule has 1 aliphatic carbocycles. The number of carbonyl (C=O) groups is 1. The molecule has 0 radical (unpaired) electrons. The average Bonchev–Trinajstić information content (AvgIpc) is 3.31. The van der Waals surface area contributed by atoms with E-state index in [2.05, 4.69) is 27.8 Å². The maximum absolute atomic E-state index is 11.7. The highest BCUT2D eigenvalue weighted by molar-refractivity contribution is 14.0. The van der Waals surface area contributed by atoms with Crippen LogP contribution in [0.1, 0.15) is 25.3 Å². The van der Waals surface area contributed by atoms with Crippen molar-refractivity contribution in [3.8, 4) is 0 Å². The summed E-state index contributed by atoms with van der Waals surface area (Å²) < 4.78 is 0. The number of amides is 1. The molecule has 0 heterocycles. The molecule has 0 spiro atoms. The lowest BCUT2D eigenvalue weighted by Gasteiger charge is -2.19. The second-order valence-corrected chi connectivity index (χ2v) is 6.56. The van der Waals surface area contributed by atoms with Crippen LogP contribution in [0, 0.1) is 0 Å². The molecule has 5 nitrogen and oxygen atoms in total. The van der Waals surface area contributed by atoms with Crippen molar-refractivity contribution < 1.29 is 4.79 Å². The Kier molecular flexibility index (Phi) is 8.29. The van der Waals surface area contributed by atoms with Gasteiger partial charge in [0, 0.05) is 37.6 Å². The van der Waals surface area contributed by atoms with Crippen molar-refractivity contribution in [1.29, 1.82) is 0 Å². The predicted octanol–water partition coefficient (Wildman–Crippen LogP) is 2.63. The van der Waals surface area contributed by atoms with Crippen LogP contribution in [0.3, 0.4) is 0 Å². The Balaban J connectivity index is 0.00000288. The summed E-state index contributed by atoms with van der Waals surface area (Å²) in [4.78, 5) is 17.6. The highest BCUT2D eigenvalue weighted by Gasteiger charge is 2.44. The SMILES string of the molecule is CCNC(=NCC(=O)N(C)C)NCC1(c2ccc(Cl)cc2)CC1.I. The van der Waals surface area contributed by atoms with E-state index in [9.17, 15) is 4.79 Å². The van der Waals surface area contributed by atoms with Gasteiger partial charge in [-0.2, -0.15) is 0 Å². The summed E-state index contributed by atoms with van der Waals surface area (Å²) in [6.07, 6.45) is 2.30. The summed E-state index contributed by atoms with van der Waals surface area (Å²) in [6, 6.07) is 8.06. The van der Waals surface area contributed by atoms with Crippen molar-refractivity contribution in [2.45, 2.75) is 25.2 Å². The molecule has 0 atom stereocenters. The zero-order valence-electron chi connectivity index (χ0n) is 14.4. The molecular weight excluding hydrogens is 439 g/mol. The summed E-state index contributed by atoms with van der Waals surface area (Å²) >= 11 is 5.97. The second kappa shape index (κ2) is 9.46. The molecule has 1 fully saturated rings. The first kappa shape index (κ1) is 21.0. The first-order chi connectivity index (χ1) is 11.0. The number of hydrogen-bond acceptors (Lipinski definition) is 2. The number of benzene rings is 1. The van der Waals surface area contributed by atoms with Crippen molar-refractivity contribution in [2.75, 3.05) is 33.7 Å². The molecular formula is C17H26ClIN4O. The molecule has 1 aliphatic rings. The largest absolute Gasteiger partial charge is 0.357 e. The standard InChI is InChI=1S/C17H25ClN4O.HI/c1-4-19-16(20-11-15(23)22(2)3)21-12-17(9-10-17)13-5-7-14(18)8-6-13;/h5-8H,4,9-12H2,1-3H3,(H2,19,20,21);1H. The molecule has 24 heavy (non-hydrogen) atoms. The quantitative estimate of drug-likeness (QED) is 0.387. The van der Waals surface area contributed by atoms with E-state index in [0.29, 0.717) is 5.96 Å². The molecule has 1 aromatic rings. The number of aliphatic imine (C=N–C) groups is 1. The van der Waals surface area contributed by atoms with Gasteiger partial charge < -0.3 is 15.5 Å². The Morgan fingerprint density at radius 3 is 2.38 bits per heavy atom. The van der Waals surface area contributed by atoms with Gasteiger partial charge in [0.25, 0.3) is 0 Å². The third-order valence-corrected chi connectivity index (χ3v) is 4.37. The fourth-order valence-corrected chi connectivity index (χ4v) is 2.53. The van der Waals surface area contributed by atoms with E-state index in [-0.39, 0.29) is 41.8 Å². The van der Waals surface area contributed by atoms with E-state index in [0.717, 1.165) is 31.0 Å². The van der Waals surface area contributed by atoms with E-state index in [1.807, 2.05) is 19.1 Å². The number of guanidine groups is 1. The van der Waals surface area contributed by atoms with Crippen LogP contribution < -0.4 is 10.6 Å². The van der Waals surface area contributed by atoms with Gasteiger partial charge in [0.15, 0.2) is 5.96 Å². The molecule has 1 aromatic carbocycles. The minimum Gasteiger partial charge on any atom is -0.357 e. The van der Waals surface area contributed by atoms with Gasteiger partial charge in [-0.1, -0.05) is 23.7 Å². The average molecular weight is 465 g/mol. The number of nitrogens with zero attached hydrogens (tertiary/aromatic N) is 2. The lowest BCUT2D eigenvalue weighted by atomic mass is 9.96. The van der Waals surface area contributed by atoms with Crippen LogP contribution in [-0.2, 0) is 10.2 Å². The van der Waals surface area contributed by atoms with E-state index in [4.69, 9.17) is 11.6 Å². The van der Waals surface area contributed by atoms with Crippen molar-refractivity contribution in [2.24, 2.45) is 4.99 Å². The summed E-state index contributed by atoms with van der Waals surface area (Å²) in [5, 5.41) is 7.31. The highest BCUT2D eigenvalue weighted by atomic mass is 127. The maximum Gasteiger partial charge on any atom is 0.243 e. The number of rotatable bonds is 6. The zero-order valence-corrected chi connectivity index (χ0v) is 17.5. The normalized spacial score (nSPS) is 15.2. The number of likely N-dealkylation sites (N-methyl/N-ethyl adjacent to an activating group) is 1. The van der Waals surface area contributed by atoms with Crippen molar-refractivity contribution in [3.05, 3.63) is 34.9 Å². The molecule has 7 heteroatoms. The molecule has 0 bridgehead atoms. The smallest absolute Gasteiger partial charge is 0.243 e. The van der Waals surface area contributed by atoms with Crippen LogP contribution in [0.25, 0.3) is 0 Å². The van der Waals surface area contributed by atoms with Crippen molar-refractivity contribution in [1.82, 2.24) is 15.5 Å². The van der Waals surface area contributed by atoms with Gasteiger partial charge in [-0.15, -0.1) is 24.0 Å². The van der Waals surface area contributed by atoms with Crippen LogP contribution in [0.4, 0.5) is 0 Å². The summed E-state index contributed by atoms with van der Waals surface area (Å²) in [7, 11) is 3.47. The van der Waals surface area contributed by atoms with Crippen LogP contribution in [-0.4, -0.2) is 50.5 Å². The molecule has 2 N–H and O–H groups in total. The fourth-order valence-electron chi connectivity index (χ4n) is 2.40. The topological polar surface area (TPSA) is 56.7 Å². The van der Waals surface area contributed by atoms with E-state index >= 15 is 0 Å². The lowest BCUT2D eigenvalue weighted by molar-refractivity contribution is -0.127. The third-order valence-electron chi connectivity index (χ3n) is 4.12. The Morgan fingerprint density at radius 1 is 1.25 bits per heavy atom. The van der Waals surface area contributed by atoms with Crippen LogP contribution in [0.5, 0.6) is 0 Å². The third kappa shape index (κ3) is 5.81. The molecule has 1 saturated carbocycles. The van der Waals surface area contributed by atoms with Gasteiger partial charge in [-0.05, 0) is 37.5 Å². The van der Waals surface area contributed by atoms with Gasteiger partial charge in [0.1, 0.15) is 6.54 Å². The number of hydrogen-bond donors (Lipinski definition) is 2. The summed E-state index contributed by atoms with van der Waals surface area (Å²) in [5.74, 6) is 0.670. The monoisotopic (exact) mass is 464 g/mol. The molecule has 0 unspecified atom stereocenters. The van der Waals surface area contributed by atoms with Gasteiger partial charge in [0.2, 0.25) is 5.91 Å². The second-order valence-electron chi connectivity index (χ2n) is 6.12. The number of carbonyl (C=O) groups excluding carboxylic acids is 1. The molecule has 2 rings (SSSR count). The Morgan fingerprint density at radius 2 is 1.88 bits per heavy atom. The highest BCUT2D eigenvalue weighted by Crippen LogP contribution is 2.47. The minimum atomic E-state index is -0.0129. The maximum atomic E-state index is 11.7. The zero-order chi connectivity index (χ0) is 16.9. The number of halogens is 2. The molecule has 0 aromatic heterocycles. The lowest BCUT2D eigenvalue weighted by Crippen LogP contribution is -2.42.